The number of nitrogens with zero attached hydrogens (tertiary/aromatic N) is 1. The Kier molecular flexibility index (Phi) is 4.01. The van der Waals surface area contributed by atoms with E-state index in [2.05, 4.69) is 0 Å². The predicted octanol–water partition coefficient (Wildman–Crippen LogP) is 0.913. The minimum atomic E-state index is -1.06. The summed E-state index contributed by atoms with van der Waals surface area (Å²) in [6.45, 7) is 2.46. The third kappa shape index (κ3) is 3.23. The van der Waals surface area contributed by atoms with Gasteiger partial charge in [0.05, 0.1) is 13.2 Å². The number of aliphatic carboxylic acids is 1. The zero-order chi connectivity index (χ0) is 13.8. The minimum absolute atomic E-state index is 0.0226. The van der Waals surface area contributed by atoms with Crippen molar-refractivity contribution in [2.45, 2.75) is 13.0 Å². The first-order valence-corrected chi connectivity index (χ1v) is 5.93. The van der Waals surface area contributed by atoms with Gasteiger partial charge in [-0.2, -0.15) is 0 Å². The first-order chi connectivity index (χ1) is 9.08. The molecule has 1 saturated heterocycles. The van der Waals surface area contributed by atoms with Crippen molar-refractivity contribution in [3.63, 3.8) is 0 Å². The molecular formula is C13H15NO5. The average Bonchev–Trinajstić information content (AvgIpc) is 2.81. The highest BCUT2D eigenvalue weighted by atomic mass is 16.5. The highest BCUT2D eigenvalue weighted by Gasteiger charge is 2.31. The number of carbonyl (C=O) groups excluding carboxylic acids is 1. The van der Waals surface area contributed by atoms with Gasteiger partial charge in [0.25, 0.3) is 0 Å². The molecule has 1 amide bonds. The van der Waals surface area contributed by atoms with Gasteiger partial charge < -0.3 is 19.2 Å². The fourth-order valence-electron chi connectivity index (χ4n) is 1.86. The Morgan fingerprint density at radius 2 is 2.26 bits per heavy atom. The normalized spacial score (nSPS) is 19.8. The van der Waals surface area contributed by atoms with Gasteiger partial charge in [-0.1, -0.05) is 0 Å². The number of carboxylic acids is 1. The van der Waals surface area contributed by atoms with Gasteiger partial charge in [-0.3, -0.25) is 4.79 Å². The van der Waals surface area contributed by atoms with Gasteiger partial charge in [-0.25, -0.2) is 4.79 Å². The third-order valence-electron chi connectivity index (χ3n) is 2.85. The van der Waals surface area contributed by atoms with Crippen molar-refractivity contribution in [1.82, 2.24) is 4.90 Å². The summed E-state index contributed by atoms with van der Waals surface area (Å²) in [5.74, 6) is -0.104. The fourth-order valence-corrected chi connectivity index (χ4v) is 1.86. The van der Waals surface area contributed by atoms with Crippen molar-refractivity contribution in [2.24, 2.45) is 0 Å². The Morgan fingerprint density at radius 3 is 2.89 bits per heavy atom. The predicted molar refractivity (Wildman–Crippen MR) is 66.4 cm³/mol. The molecule has 6 nitrogen and oxygen atoms in total. The van der Waals surface area contributed by atoms with E-state index in [4.69, 9.17) is 14.3 Å². The molecule has 0 saturated carbocycles. The molecule has 1 aromatic rings. The quantitative estimate of drug-likeness (QED) is 0.822. The Balaban J connectivity index is 2.05. The smallest absolute Gasteiger partial charge is 0.328 e. The molecule has 6 heteroatoms. The van der Waals surface area contributed by atoms with E-state index in [-0.39, 0.29) is 19.1 Å². The molecule has 2 heterocycles. The monoisotopic (exact) mass is 265 g/mol. The first kappa shape index (κ1) is 13.4. The summed E-state index contributed by atoms with van der Waals surface area (Å²) in [5.41, 5.74) is 0. The lowest BCUT2D eigenvalue weighted by Gasteiger charge is -2.31. The number of carbonyl (C=O) groups is 2. The van der Waals surface area contributed by atoms with Crippen LogP contribution in [-0.2, 0) is 14.3 Å². The molecule has 1 atom stereocenters. The van der Waals surface area contributed by atoms with Crippen LogP contribution >= 0.6 is 0 Å². The molecule has 0 radical (unpaired) electrons. The van der Waals surface area contributed by atoms with E-state index in [0.29, 0.717) is 12.4 Å². The van der Waals surface area contributed by atoms with Crippen LogP contribution in [0.3, 0.4) is 0 Å². The summed E-state index contributed by atoms with van der Waals surface area (Å²) < 4.78 is 10.4. The Bertz CT molecular complexity index is 505. The molecule has 1 aliphatic heterocycles. The summed E-state index contributed by atoms with van der Waals surface area (Å²) in [6.07, 6.45) is 2.85. The second-order valence-corrected chi connectivity index (χ2v) is 4.24. The number of hydrogen-bond donors (Lipinski definition) is 1. The zero-order valence-electron chi connectivity index (χ0n) is 10.5. The van der Waals surface area contributed by atoms with Crippen LogP contribution in [0.5, 0.6) is 0 Å². The van der Waals surface area contributed by atoms with E-state index in [1.807, 2.05) is 6.92 Å². The molecule has 1 aromatic heterocycles. The van der Waals surface area contributed by atoms with Gasteiger partial charge in [0.15, 0.2) is 6.04 Å². The largest absolute Gasteiger partial charge is 0.480 e. The van der Waals surface area contributed by atoms with Crippen molar-refractivity contribution in [1.29, 1.82) is 0 Å². The summed E-state index contributed by atoms with van der Waals surface area (Å²) in [7, 11) is 0. The summed E-state index contributed by atoms with van der Waals surface area (Å²) in [6, 6.07) is 2.61. The highest BCUT2D eigenvalue weighted by molar-refractivity contribution is 5.94. The molecule has 1 aliphatic rings. The Morgan fingerprint density at radius 1 is 1.47 bits per heavy atom. The lowest BCUT2D eigenvalue weighted by atomic mass is 10.2. The molecule has 102 valence electrons. The van der Waals surface area contributed by atoms with Crippen LogP contribution in [0.1, 0.15) is 11.5 Å². The lowest BCUT2D eigenvalue weighted by Crippen LogP contribution is -2.52. The van der Waals surface area contributed by atoms with Crippen molar-refractivity contribution >= 4 is 18.0 Å². The van der Waals surface area contributed by atoms with Crippen LogP contribution in [0.25, 0.3) is 6.08 Å². The van der Waals surface area contributed by atoms with E-state index in [1.54, 1.807) is 12.1 Å². The zero-order valence-corrected chi connectivity index (χ0v) is 10.5. The van der Waals surface area contributed by atoms with Crippen LogP contribution in [0.2, 0.25) is 0 Å². The first-order valence-electron chi connectivity index (χ1n) is 5.93. The maximum absolute atomic E-state index is 12.0. The lowest BCUT2D eigenvalue weighted by molar-refractivity contribution is -0.156. The number of ether oxygens (including phenoxy) is 1. The average molecular weight is 265 g/mol. The number of carboxylic acid groups (broad SMARTS) is 1. The summed E-state index contributed by atoms with van der Waals surface area (Å²) >= 11 is 0. The van der Waals surface area contributed by atoms with Crippen LogP contribution < -0.4 is 0 Å². The molecular weight excluding hydrogens is 250 g/mol. The SMILES string of the molecule is Cc1ccc(/C=C/C(=O)N2CCOC[C@H]2C(=O)O)o1. The number of morpholine rings is 1. The standard InChI is InChI=1S/C13H15NO5/c1-9-2-3-10(19-9)4-5-12(15)14-6-7-18-8-11(14)13(16)17/h2-5,11H,6-8H2,1H3,(H,16,17)/b5-4+/t11-/m0/s1. The number of furan rings is 1. The van der Waals surface area contributed by atoms with Gasteiger partial charge in [-0.05, 0) is 25.1 Å². The van der Waals surface area contributed by atoms with Crippen LogP contribution in [0, 0.1) is 6.92 Å². The van der Waals surface area contributed by atoms with Crippen molar-refractivity contribution in [3.8, 4) is 0 Å². The topological polar surface area (TPSA) is 80.0 Å². The van der Waals surface area contributed by atoms with Gasteiger partial charge >= 0.3 is 5.97 Å². The molecule has 0 aromatic carbocycles. The van der Waals surface area contributed by atoms with E-state index in [0.717, 1.165) is 5.76 Å². The Labute approximate surface area is 110 Å². The van der Waals surface area contributed by atoms with Crippen molar-refractivity contribution in [3.05, 3.63) is 29.7 Å². The highest BCUT2D eigenvalue weighted by Crippen LogP contribution is 2.11. The molecule has 19 heavy (non-hydrogen) atoms. The van der Waals surface area contributed by atoms with Gasteiger partial charge in [0.1, 0.15) is 11.5 Å². The summed E-state index contributed by atoms with van der Waals surface area (Å²) in [5, 5.41) is 9.03. The number of aryl methyl sites for hydroxylation is 1. The fraction of sp³-hybridized carbons (Fsp3) is 0.385. The molecule has 0 bridgehead atoms. The molecule has 1 N–H and O–H groups in total. The molecule has 0 spiro atoms. The van der Waals surface area contributed by atoms with Gasteiger partial charge in [0, 0.05) is 12.6 Å². The molecule has 0 aliphatic carbocycles. The molecule has 1 fully saturated rings. The van der Waals surface area contributed by atoms with E-state index in [9.17, 15) is 9.59 Å². The van der Waals surface area contributed by atoms with Crippen LogP contribution in [-0.4, -0.2) is 47.7 Å². The maximum Gasteiger partial charge on any atom is 0.328 e. The molecule has 2 rings (SSSR count). The van der Waals surface area contributed by atoms with Crippen molar-refractivity contribution in [2.75, 3.05) is 19.8 Å². The van der Waals surface area contributed by atoms with Gasteiger partial charge in [0.2, 0.25) is 5.91 Å². The number of rotatable bonds is 3. The van der Waals surface area contributed by atoms with E-state index in [1.165, 1.54) is 17.1 Å². The van der Waals surface area contributed by atoms with E-state index >= 15 is 0 Å². The summed E-state index contributed by atoms with van der Waals surface area (Å²) in [4.78, 5) is 24.3. The van der Waals surface area contributed by atoms with E-state index < -0.39 is 12.0 Å². The third-order valence-corrected chi connectivity index (χ3v) is 2.85. The van der Waals surface area contributed by atoms with Gasteiger partial charge in [-0.15, -0.1) is 0 Å². The molecule has 0 unspecified atom stereocenters. The van der Waals surface area contributed by atoms with Crippen LogP contribution in [0.4, 0.5) is 0 Å². The second kappa shape index (κ2) is 5.71. The number of amides is 1. The van der Waals surface area contributed by atoms with Crippen molar-refractivity contribution < 1.29 is 23.8 Å². The number of hydrogen-bond acceptors (Lipinski definition) is 4. The maximum atomic E-state index is 12.0. The van der Waals surface area contributed by atoms with Crippen LogP contribution in [0.15, 0.2) is 22.6 Å². The Hall–Kier alpha value is -2.08. The minimum Gasteiger partial charge on any atom is -0.480 e. The second-order valence-electron chi connectivity index (χ2n) is 4.24.